The number of ether oxygens (including phenoxy) is 1. The van der Waals surface area contributed by atoms with Gasteiger partial charge >= 0.3 is 0 Å². The average molecular weight is 423 g/mol. The van der Waals surface area contributed by atoms with E-state index in [-0.39, 0.29) is 23.6 Å². The summed E-state index contributed by atoms with van der Waals surface area (Å²) < 4.78 is 44.2. The molecular weight excluding hydrogens is 395 g/mol. The molecule has 1 unspecified atom stereocenters. The standard InChI is InChI=1S/C21H27FN2O4S/c1-14(15-6-11-19(18(22)12-15)24-29(5,26)27)23-20(25)13-28-17-9-7-16(8-10-17)21(2,3)4/h6-12,14,24H,13H2,1-5H3,(H,23,25). The van der Waals surface area contributed by atoms with Gasteiger partial charge in [0.1, 0.15) is 11.6 Å². The molecule has 0 heterocycles. The lowest BCUT2D eigenvalue weighted by molar-refractivity contribution is -0.123. The number of anilines is 1. The number of hydrogen-bond donors (Lipinski definition) is 2. The number of amides is 1. The zero-order chi connectivity index (χ0) is 21.8. The molecule has 2 aromatic carbocycles. The van der Waals surface area contributed by atoms with Crippen molar-refractivity contribution in [2.45, 2.75) is 39.2 Å². The third-order valence-corrected chi connectivity index (χ3v) is 4.85. The second-order valence-electron chi connectivity index (χ2n) is 7.97. The summed E-state index contributed by atoms with van der Waals surface area (Å²) in [6.07, 6.45) is 0.944. The number of benzene rings is 2. The molecule has 1 amide bonds. The van der Waals surface area contributed by atoms with Gasteiger partial charge < -0.3 is 10.1 Å². The summed E-state index contributed by atoms with van der Waals surface area (Å²) in [5.74, 6) is -0.483. The highest BCUT2D eigenvalue weighted by Crippen LogP contribution is 2.24. The van der Waals surface area contributed by atoms with Crippen molar-refractivity contribution in [2.75, 3.05) is 17.6 Å². The SMILES string of the molecule is CC(NC(=O)COc1ccc(C(C)(C)C)cc1)c1ccc(NS(C)(=O)=O)c(F)c1. The van der Waals surface area contributed by atoms with Gasteiger partial charge in [-0.05, 0) is 47.7 Å². The highest BCUT2D eigenvalue weighted by molar-refractivity contribution is 7.92. The van der Waals surface area contributed by atoms with Crippen LogP contribution in [-0.2, 0) is 20.2 Å². The number of nitrogens with one attached hydrogen (secondary N) is 2. The second kappa shape index (κ2) is 8.82. The summed E-state index contributed by atoms with van der Waals surface area (Å²) in [7, 11) is -3.57. The van der Waals surface area contributed by atoms with Crippen LogP contribution in [0, 0.1) is 5.82 Å². The molecule has 2 N–H and O–H groups in total. The molecule has 0 aliphatic heterocycles. The first-order chi connectivity index (χ1) is 13.3. The summed E-state index contributed by atoms with van der Waals surface area (Å²) in [4.78, 5) is 12.1. The zero-order valence-electron chi connectivity index (χ0n) is 17.2. The van der Waals surface area contributed by atoms with Crippen molar-refractivity contribution in [3.05, 3.63) is 59.4 Å². The highest BCUT2D eigenvalue weighted by atomic mass is 32.2. The van der Waals surface area contributed by atoms with Crippen LogP contribution in [0.3, 0.4) is 0 Å². The van der Waals surface area contributed by atoms with Gasteiger partial charge in [-0.15, -0.1) is 0 Å². The van der Waals surface area contributed by atoms with Crippen LogP contribution in [-0.4, -0.2) is 27.2 Å². The van der Waals surface area contributed by atoms with Crippen LogP contribution in [0.2, 0.25) is 0 Å². The van der Waals surface area contributed by atoms with E-state index in [2.05, 4.69) is 30.8 Å². The number of carbonyl (C=O) groups excluding carboxylic acids is 1. The Kier molecular flexibility index (Phi) is 6.89. The lowest BCUT2D eigenvalue weighted by Gasteiger charge is -2.19. The summed E-state index contributed by atoms with van der Waals surface area (Å²) in [5, 5.41) is 2.73. The summed E-state index contributed by atoms with van der Waals surface area (Å²) in [6.45, 7) is 7.88. The predicted molar refractivity (Wildman–Crippen MR) is 112 cm³/mol. The van der Waals surface area contributed by atoms with Gasteiger partial charge in [0.15, 0.2) is 6.61 Å². The third-order valence-electron chi connectivity index (χ3n) is 4.26. The van der Waals surface area contributed by atoms with E-state index < -0.39 is 21.9 Å². The molecule has 0 bridgehead atoms. The van der Waals surface area contributed by atoms with Crippen LogP contribution in [0.5, 0.6) is 5.75 Å². The minimum atomic E-state index is -3.57. The topological polar surface area (TPSA) is 84.5 Å². The first-order valence-electron chi connectivity index (χ1n) is 9.15. The largest absolute Gasteiger partial charge is 0.484 e. The average Bonchev–Trinajstić information content (AvgIpc) is 2.60. The molecule has 158 valence electrons. The molecule has 0 aromatic heterocycles. The Morgan fingerprint density at radius 2 is 1.76 bits per heavy atom. The van der Waals surface area contributed by atoms with E-state index in [1.165, 1.54) is 17.7 Å². The van der Waals surface area contributed by atoms with Crippen molar-refractivity contribution < 1.29 is 22.3 Å². The summed E-state index contributed by atoms with van der Waals surface area (Å²) >= 11 is 0. The van der Waals surface area contributed by atoms with Crippen molar-refractivity contribution in [3.8, 4) is 5.75 Å². The first-order valence-corrected chi connectivity index (χ1v) is 11.0. The Labute approximate surface area is 171 Å². The van der Waals surface area contributed by atoms with Crippen LogP contribution < -0.4 is 14.8 Å². The summed E-state index contributed by atoms with van der Waals surface area (Å²) in [5.41, 5.74) is 1.56. The molecule has 0 radical (unpaired) electrons. The van der Waals surface area contributed by atoms with Crippen molar-refractivity contribution in [1.29, 1.82) is 0 Å². The lowest BCUT2D eigenvalue weighted by Crippen LogP contribution is -2.31. The van der Waals surface area contributed by atoms with E-state index >= 15 is 0 Å². The minimum absolute atomic E-state index is 0.0347. The van der Waals surface area contributed by atoms with Gasteiger partial charge in [-0.25, -0.2) is 12.8 Å². The molecule has 0 spiro atoms. The van der Waals surface area contributed by atoms with Crippen LogP contribution >= 0.6 is 0 Å². The molecule has 0 aliphatic rings. The van der Waals surface area contributed by atoms with Crippen LogP contribution in [0.4, 0.5) is 10.1 Å². The Morgan fingerprint density at radius 3 is 2.28 bits per heavy atom. The van der Waals surface area contributed by atoms with Gasteiger partial charge in [-0.2, -0.15) is 0 Å². The van der Waals surface area contributed by atoms with E-state index in [0.717, 1.165) is 6.26 Å². The maximum Gasteiger partial charge on any atom is 0.258 e. The Bertz CT molecular complexity index is 967. The fraction of sp³-hybridized carbons (Fsp3) is 0.381. The van der Waals surface area contributed by atoms with Crippen molar-refractivity contribution in [3.63, 3.8) is 0 Å². The number of halogens is 1. The Balaban J connectivity index is 1.92. The molecule has 2 aromatic rings. The molecule has 29 heavy (non-hydrogen) atoms. The quantitative estimate of drug-likeness (QED) is 0.712. The van der Waals surface area contributed by atoms with Gasteiger partial charge in [-0.3, -0.25) is 9.52 Å². The number of rotatable bonds is 7. The van der Waals surface area contributed by atoms with E-state index in [4.69, 9.17) is 4.74 Å². The van der Waals surface area contributed by atoms with Gasteiger partial charge in [0.2, 0.25) is 10.0 Å². The van der Waals surface area contributed by atoms with Crippen LogP contribution in [0.1, 0.15) is 44.9 Å². The monoisotopic (exact) mass is 422 g/mol. The number of hydrogen-bond acceptors (Lipinski definition) is 4. The summed E-state index contributed by atoms with van der Waals surface area (Å²) in [6, 6.07) is 11.1. The van der Waals surface area contributed by atoms with Gasteiger partial charge in [0.25, 0.3) is 5.91 Å². The van der Waals surface area contributed by atoms with E-state index in [1.807, 2.05) is 24.3 Å². The Hall–Kier alpha value is -2.61. The lowest BCUT2D eigenvalue weighted by atomic mass is 9.87. The smallest absolute Gasteiger partial charge is 0.258 e. The van der Waals surface area contributed by atoms with Crippen molar-refractivity contribution >= 4 is 21.6 Å². The highest BCUT2D eigenvalue weighted by Gasteiger charge is 2.15. The molecule has 6 nitrogen and oxygen atoms in total. The van der Waals surface area contributed by atoms with Gasteiger partial charge in [0.05, 0.1) is 18.0 Å². The normalized spacial score (nSPS) is 12.9. The molecule has 0 saturated carbocycles. The van der Waals surface area contributed by atoms with E-state index in [9.17, 15) is 17.6 Å². The fourth-order valence-electron chi connectivity index (χ4n) is 2.65. The zero-order valence-corrected chi connectivity index (χ0v) is 18.1. The van der Waals surface area contributed by atoms with Crippen LogP contribution in [0.25, 0.3) is 0 Å². The minimum Gasteiger partial charge on any atom is -0.484 e. The molecule has 0 fully saturated rings. The number of sulfonamides is 1. The second-order valence-corrected chi connectivity index (χ2v) is 9.71. The van der Waals surface area contributed by atoms with E-state index in [0.29, 0.717) is 11.3 Å². The molecule has 1 atom stereocenters. The third kappa shape index (κ3) is 7.05. The maximum absolute atomic E-state index is 14.1. The predicted octanol–water partition coefficient (Wildman–Crippen LogP) is 3.75. The molecule has 0 aliphatic carbocycles. The van der Waals surface area contributed by atoms with Crippen molar-refractivity contribution in [2.24, 2.45) is 0 Å². The molecule has 0 saturated heterocycles. The van der Waals surface area contributed by atoms with Gasteiger partial charge in [0, 0.05) is 0 Å². The molecular formula is C21H27FN2O4S. The fourth-order valence-corrected chi connectivity index (χ4v) is 3.21. The first kappa shape index (κ1) is 22.7. The molecule has 8 heteroatoms. The maximum atomic E-state index is 14.1. The Morgan fingerprint density at radius 1 is 1.14 bits per heavy atom. The van der Waals surface area contributed by atoms with Crippen molar-refractivity contribution in [1.82, 2.24) is 5.32 Å². The molecule has 2 rings (SSSR count). The van der Waals surface area contributed by atoms with E-state index in [1.54, 1.807) is 13.0 Å². The van der Waals surface area contributed by atoms with Crippen LogP contribution in [0.15, 0.2) is 42.5 Å². The number of carbonyl (C=O) groups is 1. The van der Waals surface area contributed by atoms with Gasteiger partial charge in [-0.1, -0.05) is 39.0 Å².